The molecule has 1 heterocycles. The Morgan fingerprint density at radius 1 is 1.05 bits per heavy atom. The number of nitriles is 2. The number of amides is 2. The van der Waals surface area contributed by atoms with Gasteiger partial charge in [-0.3, -0.25) is 9.59 Å². The highest BCUT2D eigenvalue weighted by atomic mass is 32.1. The summed E-state index contributed by atoms with van der Waals surface area (Å²) in [4.78, 5) is 26.5. The van der Waals surface area contributed by atoms with Gasteiger partial charge in [-0.15, -0.1) is 11.3 Å². The van der Waals surface area contributed by atoms with Gasteiger partial charge in [-0.2, -0.15) is 10.5 Å². The fourth-order valence-corrected chi connectivity index (χ4v) is 5.30. The van der Waals surface area contributed by atoms with Crippen LogP contribution in [0.15, 0.2) is 54.1 Å². The molecule has 3 aromatic rings. The zero-order valence-electron chi connectivity index (χ0n) is 20.2. The molecule has 1 aliphatic rings. The van der Waals surface area contributed by atoms with Crippen LogP contribution >= 0.6 is 11.3 Å². The first-order chi connectivity index (χ1) is 18.0. The molecule has 0 saturated carbocycles. The monoisotopic (exact) mass is 512 g/mol. The van der Waals surface area contributed by atoms with Crippen LogP contribution in [0.5, 0.6) is 11.5 Å². The Morgan fingerprint density at radius 2 is 1.84 bits per heavy atom. The molecule has 4 rings (SSSR count). The molecule has 9 heteroatoms. The standard InChI is InChI=1S/C28H24N4O4S/c1-35-23-12-7-8-18(26(23)36-17-25(33)31-20-9-3-2-4-10-20)14-19(15-29)27(34)32-28-22(16-30)21-11-5-6-13-24(21)37-28/h2-4,7-10,12,14H,5-6,11,13,17H2,1H3,(H,31,33)(H,32,34)/b19-14+. The van der Waals surface area contributed by atoms with E-state index in [9.17, 15) is 20.1 Å². The van der Waals surface area contributed by atoms with Crippen molar-refractivity contribution in [3.05, 3.63) is 75.7 Å². The number of hydrogen-bond acceptors (Lipinski definition) is 7. The second kappa shape index (κ2) is 11.9. The number of carbonyl (C=O) groups is 2. The molecule has 0 unspecified atom stereocenters. The summed E-state index contributed by atoms with van der Waals surface area (Å²) in [6.07, 6.45) is 5.14. The Kier molecular flexibility index (Phi) is 8.19. The van der Waals surface area contributed by atoms with Crippen LogP contribution in [0.3, 0.4) is 0 Å². The number of carbonyl (C=O) groups excluding carboxylic acids is 2. The Morgan fingerprint density at radius 3 is 2.57 bits per heavy atom. The molecule has 0 radical (unpaired) electrons. The number of methoxy groups -OCH3 is 1. The number of aryl methyl sites for hydroxylation is 1. The van der Waals surface area contributed by atoms with Crippen molar-refractivity contribution in [3.63, 3.8) is 0 Å². The first-order valence-corrected chi connectivity index (χ1v) is 12.5. The van der Waals surface area contributed by atoms with Crippen LogP contribution in [-0.4, -0.2) is 25.5 Å². The van der Waals surface area contributed by atoms with E-state index in [1.165, 1.54) is 24.5 Å². The van der Waals surface area contributed by atoms with Crippen molar-refractivity contribution in [1.29, 1.82) is 10.5 Å². The van der Waals surface area contributed by atoms with E-state index in [0.717, 1.165) is 36.1 Å². The number of hydrogen-bond donors (Lipinski definition) is 2. The Balaban J connectivity index is 1.55. The minimum absolute atomic E-state index is 0.179. The summed E-state index contributed by atoms with van der Waals surface area (Å²) in [6, 6.07) is 18.1. The van der Waals surface area contributed by atoms with Crippen LogP contribution in [0.1, 0.15) is 34.4 Å². The summed E-state index contributed by atoms with van der Waals surface area (Å²) in [5.74, 6) is -0.445. The van der Waals surface area contributed by atoms with Gasteiger partial charge in [0.2, 0.25) is 0 Å². The number of ether oxygens (including phenoxy) is 2. The maximum atomic E-state index is 13.0. The highest BCUT2D eigenvalue weighted by Crippen LogP contribution is 2.38. The zero-order chi connectivity index (χ0) is 26.2. The van der Waals surface area contributed by atoms with Crippen molar-refractivity contribution in [1.82, 2.24) is 0 Å². The molecule has 2 aromatic carbocycles. The predicted octanol–water partition coefficient (Wildman–Crippen LogP) is 5.07. The van der Waals surface area contributed by atoms with E-state index in [-0.39, 0.29) is 23.8 Å². The molecule has 0 atom stereocenters. The molecule has 0 aliphatic heterocycles. The third kappa shape index (κ3) is 5.97. The van der Waals surface area contributed by atoms with Crippen LogP contribution in [0.25, 0.3) is 6.08 Å². The topological polar surface area (TPSA) is 124 Å². The van der Waals surface area contributed by atoms with Crippen LogP contribution in [0.4, 0.5) is 10.7 Å². The summed E-state index contributed by atoms with van der Waals surface area (Å²) in [5.41, 5.74) is 2.31. The van der Waals surface area contributed by atoms with Gasteiger partial charge in [-0.1, -0.05) is 30.3 Å². The molecule has 1 aromatic heterocycles. The third-order valence-electron chi connectivity index (χ3n) is 5.81. The van der Waals surface area contributed by atoms with Gasteiger partial charge in [0, 0.05) is 16.1 Å². The molecular formula is C28H24N4O4S. The van der Waals surface area contributed by atoms with E-state index in [0.29, 0.717) is 27.6 Å². The molecule has 0 spiro atoms. The Hall–Kier alpha value is -4.60. The number of anilines is 2. The normalized spacial score (nSPS) is 12.5. The number of nitrogens with zero attached hydrogens (tertiary/aromatic N) is 2. The van der Waals surface area contributed by atoms with Gasteiger partial charge in [0.25, 0.3) is 11.8 Å². The van der Waals surface area contributed by atoms with E-state index in [1.54, 1.807) is 42.5 Å². The van der Waals surface area contributed by atoms with Crippen molar-refractivity contribution in [2.75, 3.05) is 24.4 Å². The fourth-order valence-electron chi connectivity index (χ4n) is 4.06. The lowest BCUT2D eigenvalue weighted by Crippen LogP contribution is -2.20. The number of thiophene rings is 1. The molecule has 8 nitrogen and oxygen atoms in total. The molecule has 2 N–H and O–H groups in total. The Labute approximate surface area is 218 Å². The zero-order valence-corrected chi connectivity index (χ0v) is 21.0. The van der Waals surface area contributed by atoms with Crippen molar-refractivity contribution in [3.8, 4) is 23.6 Å². The Bertz CT molecular complexity index is 1430. The van der Waals surface area contributed by atoms with E-state index in [1.807, 2.05) is 12.1 Å². The second-order valence-electron chi connectivity index (χ2n) is 8.23. The average molecular weight is 513 g/mol. The lowest BCUT2D eigenvalue weighted by atomic mass is 9.96. The first kappa shape index (κ1) is 25.5. The molecular weight excluding hydrogens is 488 g/mol. The third-order valence-corrected chi connectivity index (χ3v) is 7.02. The minimum atomic E-state index is -0.631. The van der Waals surface area contributed by atoms with Gasteiger partial charge in [0.05, 0.1) is 12.7 Å². The molecule has 37 heavy (non-hydrogen) atoms. The number of benzene rings is 2. The van der Waals surface area contributed by atoms with E-state index in [2.05, 4.69) is 16.7 Å². The highest BCUT2D eigenvalue weighted by molar-refractivity contribution is 7.16. The van der Waals surface area contributed by atoms with Crippen LogP contribution in [-0.2, 0) is 22.4 Å². The van der Waals surface area contributed by atoms with Gasteiger partial charge < -0.3 is 20.1 Å². The first-order valence-electron chi connectivity index (χ1n) is 11.7. The molecule has 0 saturated heterocycles. The van der Waals surface area contributed by atoms with Crippen molar-refractivity contribution < 1.29 is 19.1 Å². The molecule has 186 valence electrons. The summed E-state index contributed by atoms with van der Waals surface area (Å²) in [7, 11) is 1.46. The predicted molar refractivity (Wildman–Crippen MR) is 141 cm³/mol. The SMILES string of the molecule is COc1cccc(/C=C(\C#N)C(=O)Nc2sc3c(c2C#N)CCCC3)c1OCC(=O)Nc1ccccc1. The number of para-hydroxylation sites is 2. The minimum Gasteiger partial charge on any atom is -0.493 e. The lowest BCUT2D eigenvalue weighted by molar-refractivity contribution is -0.118. The van der Waals surface area contributed by atoms with Crippen molar-refractivity contribution in [2.24, 2.45) is 0 Å². The van der Waals surface area contributed by atoms with Crippen molar-refractivity contribution in [2.45, 2.75) is 25.7 Å². The summed E-state index contributed by atoms with van der Waals surface area (Å²) < 4.78 is 11.1. The van der Waals surface area contributed by atoms with Gasteiger partial charge in [-0.05, 0) is 55.5 Å². The lowest BCUT2D eigenvalue weighted by Gasteiger charge is -2.14. The summed E-state index contributed by atoms with van der Waals surface area (Å²) in [6.45, 7) is -0.309. The van der Waals surface area contributed by atoms with Gasteiger partial charge in [0.15, 0.2) is 18.1 Å². The van der Waals surface area contributed by atoms with E-state index >= 15 is 0 Å². The summed E-state index contributed by atoms with van der Waals surface area (Å²) in [5, 5.41) is 25.3. The fraction of sp³-hybridized carbons (Fsp3) is 0.214. The quantitative estimate of drug-likeness (QED) is 0.321. The molecule has 2 amide bonds. The number of fused-ring (bicyclic) bond motifs is 1. The molecule has 1 aliphatic carbocycles. The van der Waals surface area contributed by atoms with E-state index < -0.39 is 5.91 Å². The van der Waals surface area contributed by atoms with Crippen molar-refractivity contribution >= 4 is 39.9 Å². The van der Waals surface area contributed by atoms with Gasteiger partial charge in [0.1, 0.15) is 22.7 Å². The smallest absolute Gasteiger partial charge is 0.266 e. The number of nitrogens with one attached hydrogen (secondary N) is 2. The average Bonchev–Trinajstić information content (AvgIpc) is 3.27. The summed E-state index contributed by atoms with van der Waals surface area (Å²) >= 11 is 1.39. The van der Waals surface area contributed by atoms with E-state index in [4.69, 9.17) is 9.47 Å². The largest absolute Gasteiger partial charge is 0.493 e. The van der Waals surface area contributed by atoms with Crippen LogP contribution in [0.2, 0.25) is 0 Å². The molecule has 0 bridgehead atoms. The van der Waals surface area contributed by atoms with Gasteiger partial charge in [-0.25, -0.2) is 0 Å². The second-order valence-corrected chi connectivity index (χ2v) is 9.34. The maximum Gasteiger partial charge on any atom is 0.266 e. The highest BCUT2D eigenvalue weighted by Gasteiger charge is 2.23. The van der Waals surface area contributed by atoms with Crippen LogP contribution < -0.4 is 20.1 Å². The molecule has 0 fully saturated rings. The van der Waals surface area contributed by atoms with Crippen LogP contribution in [0, 0.1) is 22.7 Å². The van der Waals surface area contributed by atoms with Gasteiger partial charge >= 0.3 is 0 Å². The maximum absolute atomic E-state index is 13.0. The number of rotatable bonds is 8.